The van der Waals surface area contributed by atoms with Crippen molar-refractivity contribution in [3.63, 3.8) is 0 Å². The Morgan fingerprint density at radius 3 is 2.39 bits per heavy atom. The summed E-state index contributed by atoms with van der Waals surface area (Å²) in [4.78, 5) is 25.7. The predicted molar refractivity (Wildman–Crippen MR) is 138 cm³/mol. The third kappa shape index (κ3) is 10.9. The molecule has 2 amide bonds. The number of anilines is 1. The summed E-state index contributed by atoms with van der Waals surface area (Å²) in [5, 5.41) is 12.0. The van der Waals surface area contributed by atoms with Gasteiger partial charge in [-0.3, -0.25) is 0 Å². The lowest BCUT2D eigenvalue weighted by Gasteiger charge is -2.24. The van der Waals surface area contributed by atoms with Gasteiger partial charge in [-0.15, -0.1) is 0 Å². The van der Waals surface area contributed by atoms with Gasteiger partial charge in [0.1, 0.15) is 24.7 Å². The van der Waals surface area contributed by atoms with E-state index in [-0.39, 0.29) is 32.7 Å². The van der Waals surface area contributed by atoms with Crippen molar-refractivity contribution >= 4 is 17.7 Å². The normalized spacial score (nSPS) is 12.1. The minimum absolute atomic E-state index is 0.0619. The highest BCUT2D eigenvalue weighted by Crippen LogP contribution is 2.25. The average molecular weight is 539 g/mol. The number of alkyl halides is 2. The average Bonchev–Trinajstić information content (AvgIpc) is 2.85. The Hall–Kier alpha value is -3.44. The van der Waals surface area contributed by atoms with Gasteiger partial charge in [-0.2, -0.15) is 0 Å². The van der Waals surface area contributed by atoms with Crippen molar-refractivity contribution in [1.82, 2.24) is 4.90 Å². The van der Waals surface area contributed by atoms with Crippen molar-refractivity contribution in [2.24, 2.45) is 0 Å². The molecule has 2 aromatic carbocycles. The highest BCUT2D eigenvalue weighted by molar-refractivity contribution is 5.91. The summed E-state index contributed by atoms with van der Waals surface area (Å²) in [7, 11) is 1.49. The van der Waals surface area contributed by atoms with E-state index in [0.29, 0.717) is 23.8 Å². The van der Waals surface area contributed by atoms with Crippen LogP contribution in [0.1, 0.15) is 25.0 Å². The first-order chi connectivity index (χ1) is 18.0. The first kappa shape index (κ1) is 30.8. The Bertz CT molecular complexity index is 1030. The Balaban J connectivity index is 1.99. The van der Waals surface area contributed by atoms with Crippen LogP contribution in [0.25, 0.3) is 0 Å². The van der Waals surface area contributed by atoms with Gasteiger partial charge in [0.05, 0.1) is 25.9 Å². The summed E-state index contributed by atoms with van der Waals surface area (Å²) in [6, 6.07) is 11.8. The van der Waals surface area contributed by atoms with Gasteiger partial charge in [0.15, 0.2) is 6.10 Å². The highest BCUT2D eigenvalue weighted by Gasteiger charge is 2.22. The van der Waals surface area contributed by atoms with Crippen molar-refractivity contribution in [3.05, 3.63) is 53.6 Å². The number of nitrogens with one attached hydrogen (secondary N) is 1. The number of ether oxygens (including phenoxy) is 4. The molecule has 1 atom stereocenters. The van der Waals surface area contributed by atoms with Crippen molar-refractivity contribution in [3.8, 4) is 11.5 Å². The molecule has 0 fully saturated rings. The molecule has 0 aliphatic rings. The zero-order valence-electron chi connectivity index (χ0n) is 22.2. The molecule has 0 heterocycles. The van der Waals surface area contributed by atoms with Crippen LogP contribution < -0.4 is 14.8 Å². The van der Waals surface area contributed by atoms with Crippen LogP contribution in [0.2, 0.25) is 0 Å². The van der Waals surface area contributed by atoms with Crippen LogP contribution in [0.15, 0.2) is 42.5 Å². The van der Waals surface area contributed by atoms with E-state index >= 15 is 0 Å². The van der Waals surface area contributed by atoms with Gasteiger partial charge < -0.3 is 34.3 Å². The van der Waals surface area contributed by atoms with E-state index < -0.39 is 30.6 Å². The first-order valence-electron chi connectivity index (χ1n) is 12.2. The lowest BCUT2D eigenvalue weighted by Crippen LogP contribution is -2.40. The fourth-order valence-electron chi connectivity index (χ4n) is 3.48. The summed E-state index contributed by atoms with van der Waals surface area (Å²) in [5.41, 5.74) is 2.17. The number of halogens is 2. The number of hydrogen-bond donors (Lipinski definition) is 2. The number of amides is 2. The van der Waals surface area contributed by atoms with Crippen LogP contribution >= 0.6 is 0 Å². The molecular formula is C27H36F2N2O7. The number of aryl methyl sites for hydroxylation is 1. The van der Waals surface area contributed by atoms with Gasteiger partial charge in [0.25, 0.3) is 5.92 Å². The van der Waals surface area contributed by atoms with E-state index in [1.54, 1.807) is 43.3 Å². The number of nitrogens with zero attached hydrogens (tertiary/aromatic N) is 1. The molecule has 0 aromatic heterocycles. The van der Waals surface area contributed by atoms with Crippen molar-refractivity contribution in [2.75, 3.05) is 51.9 Å². The Morgan fingerprint density at radius 1 is 1.11 bits per heavy atom. The van der Waals surface area contributed by atoms with E-state index in [1.807, 2.05) is 13.0 Å². The van der Waals surface area contributed by atoms with Crippen molar-refractivity contribution in [1.29, 1.82) is 0 Å². The number of benzene rings is 2. The number of carbonyl (C=O) groups excluding carboxylic acids is 1. The summed E-state index contributed by atoms with van der Waals surface area (Å²) >= 11 is 0. The molecule has 9 nitrogen and oxygen atoms in total. The van der Waals surface area contributed by atoms with Crippen molar-refractivity contribution < 1.29 is 42.4 Å². The zero-order chi connectivity index (χ0) is 28.1. The van der Waals surface area contributed by atoms with Crippen molar-refractivity contribution in [2.45, 2.75) is 39.2 Å². The molecule has 0 aliphatic heterocycles. The summed E-state index contributed by atoms with van der Waals surface area (Å²) in [6.45, 7) is 4.18. The van der Waals surface area contributed by atoms with E-state index in [9.17, 15) is 23.5 Å². The molecule has 0 saturated heterocycles. The number of carboxylic acids is 1. The second-order valence-corrected chi connectivity index (χ2v) is 8.72. The van der Waals surface area contributed by atoms with Gasteiger partial charge in [-0.1, -0.05) is 18.2 Å². The second kappa shape index (κ2) is 15.1. The number of methoxy groups -OCH3 is 1. The Morgan fingerprint density at radius 2 is 1.79 bits per heavy atom. The van der Waals surface area contributed by atoms with Crippen LogP contribution in [0.3, 0.4) is 0 Å². The maximum absolute atomic E-state index is 13.1. The number of rotatable bonds is 16. The fraction of sp³-hybridized carbons (Fsp3) is 0.481. The first-order valence-corrected chi connectivity index (χ1v) is 12.2. The third-order valence-corrected chi connectivity index (χ3v) is 5.36. The monoisotopic (exact) mass is 538 g/mol. The maximum Gasteiger partial charge on any atom is 0.333 e. The molecule has 0 saturated carbocycles. The standard InChI is InChI=1S/C27H36F2N2O7/c1-5-37-24(25(32)33)17-20-7-9-21(10-8-20)38-15-13-31(12-14-36-18-27(3,28)29)26(34)30-22-16-19(2)6-11-23(22)35-4/h6-11,16,24H,5,12-15,17-18H2,1-4H3,(H,30,34)(H,32,33). The minimum atomic E-state index is -2.97. The molecule has 2 N–H and O–H groups in total. The van der Waals surface area contributed by atoms with Crippen LogP contribution in [0.5, 0.6) is 11.5 Å². The van der Waals surface area contributed by atoms with Crippen LogP contribution in [0.4, 0.5) is 19.3 Å². The number of carboxylic acid groups (broad SMARTS) is 1. The summed E-state index contributed by atoms with van der Waals surface area (Å²) in [5.74, 6) is -2.98. The van der Waals surface area contributed by atoms with Gasteiger partial charge in [-0.25, -0.2) is 18.4 Å². The molecule has 11 heteroatoms. The van der Waals surface area contributed by atoms with Crippen LogP contribution in [-0.2, 0) is 20.7 Å². The SMILES string of the molecule is CCOC(Cc1ccc(OCCN(CCOCC(C)(F)F)C(=O)Nc2cc(C)ccc2OC)cc1)C(=O)O. The molecule has 2 rings (SSSR count). The largest absolute Gasteiger partial charge is 0.495 e. The van der Waals surface area contributed by atoms with E-state index in [4.69, 9.17) is 18.9 Å². The number of carbonyl (C=O) groups is 2. The van der Waals surface area contributed by atoms with E-state index in [2.05, 4.69) is 5.32 Å². The van der Waals surface area contributed by atoms with Crippen LogP contribution in [-0.4, -0.2) is 80.7 Å². The van der Waals surface area contributed by atoms with Gasteiger partial charge in [0.2, 0.25) is 0 Å². The molecule has 2 aromatic rings. The van der Waals surface area contributed by atoms with Gasteiger partial charge in [0, 0.05) is 26.5 Å². The lowest BCUT2D eigenvalue weighted by molar-refractivity contribution is -0.149. The molecule has 210 valence electrons. The number of hydrogen-bond acceptors (Lipinski definition) is 6. The minimum Gasteiger partial charge on any atom is -0.495 e. The molecule has 0 bridgehead atoms. The smallest absolute Gasteiger partial charge is 0.333 e. The quantitative estimate of drug-likeness (QED) is 0.301. The molecule has 0 spiro atoms. The third-order valence-electron chi connectivity index (χ3n) is 5.36. The fourth-order valence-corrected chi connectivity index (χ4v) is 3.48. The Labute approximate surface area is 221 Å². The zero-order valence-corrected chi connectivity index (χ0v) is 22.2. The lowest BCUT2D eigenvalue weighted by atomic mass is 10.1. The highest BCUT2D eigenvalue weighted by atomic mass is 19.3. The second-order valence-electron chi connectivity index (χ2n) is 8.72. The predicted octanol–water partition coefficient (Wildman–Crippen LogP) is 4.62. The summed E-state index contributed by atoms with van der Waals surface area (Å²) < 4.78 is 47.5. The molecule has 1 unspecified atom stereocenters. The molecule has 0 radical (unpaired) electrons. The molecule has 0 aliphatic carbocycles. The van der Waals surface area contributed by atoms with E-state index in [0.717, 1.165) is 18.1 Å². The van der Waals surface area contributed by atoms with Gasteiger partial charge in [-0.05, 0) is 49.2 Å². The number of urea groups is 1. The topological polar surface area (TPSA) is 107 Å². The Kier molecular flexibility index (Phi) is 12.2. The van der Waals surface area contributed by atoms with Crippen LogP contribution in [0, 0.1) is 6.92 Å². The molecule has 38 heavy (non-hydrogen) atoms. The molecular weight excluding hydrogens is 502 g/mol. The summed E-state index contributed by atoms with van der Waals surface area (Å²) in [6.07, 6.45) is -0.711. The number of aliphatic carboxylic acids is 1. The van der Waals surface area contributed by atoms with E-state index in [1.165, 1.54) is 12.0 Å². The van der Waals surface area contributed by atoms with Gasteiger partial charge >= 0.3 is 12.0 Å². The maximum atomic E-state index is 13.1.